The molecule has 24 heavy (non-hydrogen) atoms. The van der Waals surface area contributed by atoms with Crippen LogP contribution in [0.3, 0.4) is 0 Å². The Kier molecular flexibility index (Phi) is 6.58. The van der Waals surface area contributed by atoms with E-state index in [1.54, 1.807) is 14.2 Å². The molecule has 0 aromatic carbocycles. The van der Waals surface area contributed by atoms with E-state index in [4.69, 9.17) is 14.2 Å². The van der Waals surface area contributed by atoms with Crippen molar-refractivity contribution in [2.24, 2.45) is 0 Å². The Morgan fingerprint density at radius 1 is 1.17 bits per heavy atom. The standard InChI is InChI=1S/C17H32F2N2O3/c1-16(2,3)24-15(23-5)20-8-6-13(7-9-20)21-12-17(18,19)10-14(21)11-22-4/h13-15H,6-12H2,1-5H3. The highest BCUT2D eigenvalue weighted by Gasteiger charge is 2.47. The van der Waals surface area contributed by atoms with E-state index in [-0.39, 0.29) is 37.1 Å². The number of ether oxygens (including phenoxy) is 3. The zero-order valence-electron chi connectivity index (χ0n) is 15.6. The number of alkyl halides is 2. The van der Waals surface area contributed by atoms with Crippen molar-refractivity contribution < 1.29 is 23.0 Å². The fourth-order valence-corrected chi connectivity index (χ4v) is 3.70. The second-order valence-corrected chi connectivity index (χ2v) is 7.88. The molecule has 0 saturated carbocycles. The molecular formula is C17H32F2N2O3. The van der Waals surface area contributed by atoms with Crippen molar-refractivity contribution in [3.63, 3.8) is 0 Å². The van der Waals surface area contributed by atoms with E-state index < -0.39 is 5.92 Å². The maximum absolute atomic E-state index is 13.8. The largest absolute Gasteiger partial charge is 0.383 e. The summed E-state index contributed by atoms with van der Waals surface area (Å²) in [5.74, 6) is -2.61. The van der Waals surface area contributed by atoms with Crippen molar-refractivity contribution in [3.05, 3.63) is 0 Å². The molecule has 0 N–H and O–H groups in total. The van der Waals surface area contributed by atoms with E-state index in [0.717, 1.165) is 25.9 Å². The van der Waals surface area contributed by atoms with Crippen molar-refractivity contribution in [3.8, 4) is 0 Å². The third-order valence-corrected chi connectivity index (χ3v) is 4.70. The van der Waals surface area contributed by atoms with Crippen LogP contribution in [0.15, 0.2) is 0 Å². The highest BCUT2D eigenvalue weighted by Crippen LogP contribution is 2.36. The summed E-state index contributed by atoms with van der Waals surface area (Å²) in [5, 5.41) is 0. The number of rotatable bonds is 6. The van der Waals surface area contributed by atoms with Crippen molar-refractivity contribution in [1.29, 1.82) is 0 Å². The quantitative estimate of drug-likeness (QED) is 0.688. The highest BCUT2D eigenvalue weighted by molar-refractivity contribution is 4.95. The lowest BCUT2D eigenvalue weighted by molar-refractivity contribution is -0.257. The summed E-state index contributed by atoms with van der Waals surface area (Å²) < 4.78 is 44.2. The lowest BCUT2D eigenvalue weighted by atomic mass is 10.0. The predicted molar refractivity (Wildman–Crippen MR) is 88.2 cm³/mol. The third-order valence-electron chi connectivity index (χ3n) is 4.70. The minimum atomic E-state index is -2.61. The van der Waals surface area contributed by atoms with Crippen LogP contribution in [0.4, 0.5) is 8.78 Å². The Labute approximate surface area is 144 Å². The molecular weight excluding hydrogens is 318 g/mol. The molecule has 0 amide bonds. The summed E-state index contributed by atoms with van der Waals surface area (Å²) in [6.45, 7) is 7.75. The van der Waals surface area contributed by atoms with Crippen LogP contribution in [-0.2, 0) is 14.2 Å². The molecule has 2 fully saturated rings. The first kappa shape index (κ1) is 20.0. The SMILES string of the molecule is COCC1CC(F)(F)CN1C1CCN(C(OC)OC(C)(C)C)CC1. The average Bonchev–Trinajstić information content (AvgIpc) is 2.79. The van der Waals surface area contributed by atoms with Gasteiger partial charge in [-0.15, -0.1) is 0 Å². The number of hydrogen-bond donors (Lipinski definition) is 0. The minimum Gasteiger partial charge on any atom is -0.383 e. The highest BCUT2D eigenvalue weighted by atomic mass is 19.3. The van der Waals surface area contributed by atoms with Crippen LogP contribution < -0.4 is 0 Å². The molecule has 0 aromatic rings. The van der Waals surface area contributed by atoms with Gasteiger partial charge in [0.15, 0.2) is 0 Å². The molecule has 0 bridgehead atoms. The van der Waals surface area contributed by atoms with Gasteiger partial charge in [-0.2, -0.15) is 0 Å². The normalized spacial score (nSPS) is 28.4. The van der Waals surface area contributed by atoms with Crippen LogP contribution in [0, 0.1) is 0 Å². The molecule has 0 spiro atoms. The van der Waals surface area contributed by atoms with Crippen LogP contribution in [0.2, 0.25) is 0 Å². The topological polar surface area (TPSA) is 34.2 Å². The zero-order valence-corrected chi connectivity index (χ0v) is 15.6. The van der Waals surface area contributed by atoms with Gasteiger partial charge in [0.1, 0.15) is 0 Å². The molecule has 2 unspecified atom stereocenters. The predicted octanol–water partition coefficient (Wildman–Crippen LogP) is 2.55. The van der Waals surface area contributed by atoms with Gasteiger partial charge in [-0.25, -0.2) is 8.78 Å². The summed E-state index contributed by atoms with van der Waals surface area (Å²) in [6, 6.07) is -0.0208. The van der Waals surface area contributed by atoms with E-state index >= 15 is 0 Å². The Morgan fingerprint density at radius 2 is 1.79 bits per heavy atom. The molecule has 0 radical (unpaired) electrons. The van der Waals surface area contributed by atoms with Gasteiger partial charge in [0.05, 0.1) is 18.8 Å². The smallest absolute Gasteiger partial charge is 0.262 e. The number of methoxy groups -OCH3 is 2. The number of halogens is 2. The first-order valence-electron chi connectivity index (χ1n) is 8.72. The fourth-order valence-electron chi connectivity index (χ4n) is 3.70. The van der Waals surface area contributed by atoms with Gasteiger partial charge in [-0.3, -0.25) is 9.80 Å². The lowest BCUT2D eigenvalue weighted by Gasteiger charge is -2.42. The number of piperidine rings is 1. The van der Waals surface area contributed by atoms with E-state index in [1.807, 2.05) is 25.7 Å². The Hall–Kier alpha value is -0.340. The molecule has 2 saturated heterocycles. The first-order chi connectivity index (χ1) is 11.1. The first-order valence-corrected chi connectivity index (χ1v) is 8.72. The molecule has 142 valence electrons. The average molecular weight is 350 g/mol. The van der Waals surface area contributed by atoms with Crippen molar-refractivity contribution in [2.45, 2.75) is 70.1 Å². The number of nitrogens with zero attached hydrogens (tertiary/aromatic N) is 2. The van der Waals surface area contributed by atoms with Gasteiger partial charge in [0, 0.05) is 45.8 Å². The van der Waals surface area contributed by atoms with E-state index in [2.05, 4.69) is 4.90 Å². The summed E-state index contributed by atoms with van der Waals surface area (Å²) in [6.07, 6.45) is 1.18. The molecule has 2 aliphatic heterocycles. The zero-order chi connectivity index (χ0) is 18.0. The molecule has 2 rings (SSSR count). The fraction of sp³-hybridized carbons (Fsp3) is 1.00. The number of hydrogen-bond acceptors (Lipinski definition) is 5. The summed E-state index contributed by atoms with van der Waals surface area (Å²) >= 11 is 0. The maximum atomic E-state index is 13.8. The lowest BCUT2D eigenvalue weighted by Crippen LogP contribution is -2.52. The van der Waals surface area contributed by atoms with Crippen molar-refractivity contribution in [2.75, 3.05) is 40.5 Å². The molecule has 2 aliphatic rings. The van der Waals surface area contributed by atoms with Crippen LogP contribution >= 0.6 is 0 Å². The Bertz CT molecular complexity index is 396. The van der Waals surface area contributed by atoms with E-state index in [0.29, 0.717) is 6.61 Å². The van der Waals surface area contributed by atoms with Crippen LogP contribution in [0.5, 0.6) is 0 Å². The van der Waals surface area contributed by atoms with Gasteiger partial charge in [-0.05, 0) is 33.6 Å². The monoisotopic (exact) mass is 350 g/mol. The van der Waals surface area contributed by atoms with E-state index in [9.17, 15) is 8.78 Å². The number of likely N-dealkylation sites (tertiary alicyclic amines) is 2. The Morgan fingerprint density at radius 3 is 2.29 bits per heavy atom. The summed E-state index contributed by atoms with van der Waals surface area (Å²) in [5.41, 5.74) is -0.294. The third kappa shape index (κ3) is 5.33. The van der Waals surface area contributed by atoms with Gasteiger partial charge < -0.3 is 14.2 Å². The molecule has 2 heterocycles. The summed E-state index contributed by atoms with van der Waals surface area (Å²) in [7, 11) is 3.21. The van der Waals surface area contributed by atoms with Crippen LogP contribution in [0.1, 0.15) is 40.0 Å². The van der Waals surface area contributed by atoms with Crippen molar-refractivity contribution >= 4 is 0 Å². The summed E-state index contributed by atoms with van der Waals surface area (Å²) in [4.78, 5) is 4.09. The maximum Gasteiger partial charge on any atom is 0.262 e. The second kappa shape index (κ2) is 7.91. The Balaban J connectivity index is 1.91. The van der Waals surface area contributed by atoms with E-state index in [1.165, 1.54) is 0 Å². The van der Waals surface area contributed by atoms with Crippen LogP contribution in [0.25, 0.3) is 0 Å². The molecule has 2 atom stereocenters. The molecule has 5 nitrogen and oxygen atoms in total. The molecule has 7 heteroatoms. The van der Waals surface area contributed by atoms with Gasteiger partial charge >= 0.3 is 0 Å². The van der Waals surface area contributed by atoms with Crippen LogP contribution in [-0.4, -0.2) is 80.3 Å². The minimum absolute atomic E-state index is 0.102. The van der Waals surface area contributed by atoms with Gasteiger partial charge in [-0.1, -0.05) is 0 Å². The van der Waals surface area contributed by atoms with Gasteiger partial charge in [0.25, 0.3) is 5.92 Å². The van der Waals surface area contributed by atoms with Gasteiger partial charge in [0.2, 0.25) is 6.41 Å². The second-order valence-electron chi connectivity index (χ2n) is 7.88. The molecule has 0 aliphatic carbocycles. The molecule has 0 aromatic heterocycles. The van der Waals surface area contributed by atoms with Crippen molar-refractivity contribution in [1.82, 2.24) is 9.80 Å².